The summed E-state index contributed by atoms with van der Waals surface area (Å²) in [4.78, 5) is 16.7. The third-order valence-corrected chi connectivity index (χ3v) is 5.08. The van der Waals surface area contributed by atoms with Gasteiger partial charge in [-0.2, -0.15) is 5.10 Å². The predicted octanol–water partition coefficient (Wildman–Crippen LogP) is 2.63. The van der Waals surface area contributed by atoms with Crippen LogP contribution in [0.4, 0.5) is 0 Å². The lowest BCUT2D eigenvalue weighted by molar-refractivity contribution is 0.0399. The molecule has 0 saturated carbocycles. The topological polar surface area (TPSA) is 41.4 Å². The lowest BCUT2D eigenvalue weighted by Crippen LogP contribution is -2.59. The van der Waals surface area contributed by atoms with Gasteiger partial charge in [-0.1, -0.05) is 18.2 Å². The fourth-order valence-electron chi connectivity index (χ4n) is 3.33. The highest BCUT2D eigenvalue weighted by molar-refractivity contribution is 5.99. The van der Waals surface area contributed by atoms with Crippen molar-refractivity contribution < 1.29 is 4.79 Å². The molecule has 5 heteroatoms. The van der Waals surface area contributed by atoms with Gasteiger partial charge in [-0.3, -0.25) is 9.48 Å². The number of carbonyl (C=O) groups is 1. The number of hydrogen-bond acceptors (Lipinski definition) is 3. The average molecular weight is 334 g/mol. The molecule has 0 aliphatic carbocycles. The summed E-state index contributed by atoms with van der Waals surface area (Å²) in [7, 11) is 6.06. The van der Waals surface area contributed by atoms with E-state index in [1.54, 1.807) is 6.20 Å². The zero-order valence-corrected chi connectivity index (χ0v) is 14.8. The average Bonchev–Trinajstić information content (AvgIpc) is 2.98. The Bertz CT molecular complexity index is 938. The Morgan fingerprint density at radius 1 is 1.08 bits per heavy atom. The van der Waals surface area contributed by atoms with Crippen molar-refractivity contribution in [3.63, 3.8) is 0 Å². The first-order valence-electron chi connectivity index (χ1n) is 8.51. The largest absolute Gasteiger partial charge is 0.335 e. The Labute approximate surface area is 147 Å². The van der Waals surface area contributed by atoms with E-state index in [0.29, 0.717) is 6.04 Å². The van der Waals surface area contributed by atoms with Gasteiger partial charge in [0.15, 0.2) is 0 Å². The van der Waals surface area contributed by atoms with Crippen molar-refractivity contribution in [1.29, 1.82) is 0 Å². The van der Waals surface area contributed by atoms with Crippen LogP contribution >= 0.6 is 0 Å². The molecule has 5 nitrogen and oxygen atoms in total. The molecule has 0 bridgehead atoms. The molecule has 1 aliphatic rings. The molecule has 1 fully saturated rings. The molecule has 1 aromatic heterocycles. The molecule has 2 aromatic carbocycles. The second-order valence-corrected chi connectivity index (χ2v) is 6.94. The van der Waals surface area contributed by atoms with Crippen molar-refractivity contribution in [2.45, 2.75) is 6.04 Å². The first-order valence-corrected chi connectivity index (χ1v) is 8.51. The van der Waals surface area contributed by atoms with Crippen LogP contribution in [0.25, 0.3) is 22.0 Å². The van der Waals surface area contributed by atoms with Crippen LogP contribution in [0, 0.1) is 0 Å². The molecule has 0 N–H and O–H groups in total. The second kappa shape index (κ2) is 6.01. The summed E-state index contributed by atoms with van der Waals surface area (Å²) in [6.45, 7) is 1.62. The van der Waals surface area contributed by atoms with Crippen LogP contribution in [0.3, 0.4) is 0 Å². The minimum Gasteiger partial charge on any atom is -0.335 e. The standard InChI is InChI=1S/C20H22N4O/c1-22(2)18-12-24(13-18)20(25)17-7-5-14-10-16(6-4-15(14)11-17)19-8-9-21-23(19)3/h4-11,18H,12-13H2,1-3H3. The van der Waals surface area contributed by atoms with Crippen molar-refractivity contribution in [1.82, 2.24) is 19.6 Å². The van der Waals surface area contributed by atoms with Crippen molar-refractivity contribution in [3.05, 3.63) is 54.2 Å². The molecular formula is C20H22N4O. The van der Waals surface area contributed by atoms with E-state index in [-0.39, 0.29) is 5.91 Å². The van der Waals surface area contributed by atoms with Gasteiger partial charge in [-0.05, 0) is 49.1 Å². The number of carbonyl (C=O) groups excluding carboxylic acids is 1. The number of aromatic nitrogens is 2. The number of amides is 1. The SMILES string of the molecule is CN(C)C1CN(C(=O)c2ccc3cc(-c4ccnn4C)ccc3c2)C1. The first-order chi connectivity index (χ1) is 12.0. The van der Waals surface area contributed by atoms with Crippen LogP contribution in [0.5, 0.6) is 0 Å². The van der Waals surface area contributed by atoms with Crippen molar-refractivity contribution in [3.8, 4) is 11.3 Å². The zero-order valence-electron chi connectivity index (χ0n) is 14.8. The molecule has 0 radical (unpaired) electrons. The van der Waals surface area contributed by atoms with Gasteiger partial charge in [-0.25, -0.2) is 0 Å². The van der Waals surface area contributed by atoms with Crippen LogP contribution in [-0.2, 0) is 7.05 Å². The smallest absolute Gasteiger partial charge is 0.253 e. The molecule has 0 atom stereocenters. The van der Waals surface area contributed by atoms with Crippen LogP contribution in [0.15, 0.2) is 48.7 Å². The number of benzene rings is 2. The molecule has 0 unspecified atom stereocenters. The van der Waals surface area contributed by atoms with Crippen LogP contribution in [0.1, 0.15) is 10.4 Å². The second-order valence-electron chi connectivity index (χ2n) is 6.94. The lowest BCUT2D eigenvalue weighted by atomic mass is 10.0. The molecule has 3 aromatic rings. The summed E-state index contributed by atoms with van der Waals surface area (Å²) in [5.41, 5.74) is 2.97. The highest BCUT2D eigenvalue weighted by Crippen LogP contribution is 2.26. The van der Waals surface area contributed by atoms with E-state index in [2.05, 4.69) is 42.3 Å². The molecule has 25 heavy (non-hydrogen) atoms. The lowest BCUT2D eigenvalue weighted by Gasteiger charge is -2.42. The maximum Gasteiger partial charge on any atom is 0.253 e. The number of likely N-dealkylation sites (N-methyl/N-ethyl adjacent to an activating group) is 1. The third kappa shape index (κ3) is 2.81. The Morgan fingerprint density at radius 3 is 2.48 bits per heavy atom. The van der Waals surface area contributed by atoms with Crippen molar-refractivity contribution in [2.24, 2.45) is 7.05 Å². The minimum atomic E-state index is 0.121. The van der Waals surface area contributed by atoms with Crippen LogP contribution in [0.2, 0.25) is 0 Å². The maximum absolute atomic E-state index is 12.6. The molecule has 2 heterocycles. The van der Waals surface area contributed by atoms with Gasteiger partial charge in [0.05, 0.1) is 5.69 Å². The normalized spacial score (nSPS) is 15.0. The highest BCUT2D eigenvalue weighted by atomic mass is 16.2. The van der Waals surface area contributed by atoms with Gasteiger partial charge in [0.2, 0.25) is 0 Å². The number of hydrogen-bond donors (Lipinski definition) is 0. The quantitative estimate of drug-likeness (QED) is 0.739. The van der Waals surface area contributed by atoms with Gasteiger partial charge in [0.1, 0.15) is 0 Å². The third-order valence-electron chi connectivity index (χ3n) is 5.08. The molecule has 128 valence electrons. The summed E-state index contributed by atoms with van der Waals surface area (Å²) in [6.07, 6.45) is 1.80. The van der Waals surface area contributed by atoms with E-state index >= 15 is 0 Å². The van der Waals surface area contributed by atoms with Crippen LogP contribution in [-0.4, -0.2) is 58.7 Å². The van der Waals surface area contributed by atoms with Gasteiger partial charge >= 0.3 is 0 Å². The highest BCUT2D eigenvalue weighted by Gasteiger charge is 2.32. The summed E-state index contributed by atoms with van der Waals surface area (Å²) in [5.74, 6) is 0.121. The van der Waals surface area contributed by atoms with E-state index in [1.807, 2.05) is 40.9 Å². The van der Waals surface area contributed by atoms with E-state index in [0.717, 1.165) is 40.7 Å². The van der Waals surface area contributed by atoms with E-state index < -0.39 is 0 Å². The summed E-state index contributed by atoms with van der Waals surface area (Å²) in [5, 5.41) is 6.44. The molecule has 1 saturated heterocycles. The number of nitrogens with zero attached hydrogens (tertiary/aromatic N) is 4. The fraction of sp³-hybridized carbons (Fsp3) is 0.300. The van der Waals surface area contributed by atoms with E-state index in [1.165, 1.54) is 0 Å². The summed E-state index contributed by atoms with van der Waals surface area (Å²) >= 11 is 0. The fourth-order valence-corrected chi connectivity index (χ4v) is 3.33. The van der Waals surface area contributed by atoms with E-state index in [9.17, 15) is 4.79 Å². The number of aryl methyl sites for hydroxylation is 1. The first kappa shape index (κ1) is 15.8. The predicted molar refractivity (Wildman–Crippen MR) is 99.5 cm³/mol. The number of rotatable bonds is 3. The van der Waals surface area contributed by atoms with Crippen molar-refractivity contribution in [2.75, 3.05) is 27.2 Å². The maximum atomic E-state index is 12.6. The van der Waals surface area contributed by atoms with Gasteiger partial charge in [0.25, 0.3) is 5.91 Å². The molecule has 0 spiro atoms. The van der Waals surface area contributed by atoms with Gasteiger partial charge < -0.3 is 9.80 Å². The Hall–Kier alpha value is -2.66. The minimum absolute atomic E-state index is 0.121. The Balaban J connectivity index is 1.59. The van der Waals surface area contributed by atoms with Crippen molar-refractivity contribution >= 4 is 16.7 Å². The van der Waals surface area contributed by atoms with Crippen LogP contribution < -0.4 is 0 Å². The number of likely N-dealkylation sites (tertiary alicyclic amines) is 1. The van der Waals surface area contributed by atoms with Gasteiger partial charge in [-0.15, -0.1) is 0 Å². The molecule has 1 amide bonds. The molecule has 1 aliphatic heterocycles. The zero-order chi connectivity index (χ0) is 17.6. The summed E-state index contributed by atoms with van der Waals surface area (Å²) < 4.78 is 1.87. The Kier molecular flexibility index (Phi) is 3.81. The summed E-state index contributed by atoms with van der Waals surface area (Å²) in [6, 6.07) is 14.7. The molecular weight excluding hydrogens is 312 g/mol. The Morgan fingerprint density at radius 2 is 1.80 bits per heavy atom. The van der Waals surface area contributed by atoms with Gasteiger partial charge in [0, 0.05) is 43.5 Å². The monoisotopic (exact) mass is 334 g/mol. The molecule has 4 rings (SSSR count). The number of fused-ring (bicyclic) bond motifs is 1. The van der Waals surface area contributed by atoms with E-state index in [4.69, 9.17) is 0 Å².